The quantitative estimate of drug-likeness (QED) is 0.717. The zero-order valence-corrected chi connectivity index (χ0v) is 12.2. The number of nitrogens with one attached hydrogen (secondary N) is 1. The van der Waals surface area contributed by atoms with Crippen molar-refractivity contribution < 1.29 is 4.79 Å². The number of carbonyl (C=O) groups excluding carboxylic acids is 1. The van der Waals surface area contributed by atoms with Gasteiger partial charge in [0.25, 0.3) is 0 Å². The topological polar surface area (TPSA) is 29.1 Å². The van der Waals surface area contributed by atoms with Crippen molar-refractivity contribution in [1.29, 1.82) is 0 Å². The van der Waals surface area contributed by atoms with Gasteiger partial charge in [-0.2, -0.15) is 0 Å². The van der Waals surface area contributed by atoms with Gasteiger partial charge in [0.05, 0.1) is 0 Å². The van der Waals surface area contributed by atoms with Crippen LogP contribution in [0.4, 0.5) is 0 Å². The number of hydrogen-bond acceptors (Lipinski definition) is 1. The first-order valence-corrected chi connectivity index (χ1v) is 7.30. The van der Waals surface area contributed by atoms with Crippen molar-refractivity contribution in [2.45, 2.75) is 6.54 Å². The summed E-state index contributed by atoms with van der Waals surface area (Å²) in [7, 11) is 0. The molecule has 0 aliphatic heterocycles. The molecule has 22 heavy (non-hydrogen) atoms. The first kappa shape index (κ1) is 14.1. The lowest BCUT2D eigenvalue weighted by Gasteiger charge is -2.02. The number of amides is 1. The minimum atomic E-state index is -0.0861. The van der Waals surface area contributed by atoms with Crippen LogP contribution in [-0.2, 0) is 11.3 Å². The SMILES string of the molecule is O=C(/C=C\c1ccc2ccccc2c1)NCc1ccccc1. The number of carbonyl (C=O) groups is 1. The molecule has 1 amide bonds. The molecule has 0 spiro atoms. The molecular weight excluding hydrogens is 270 g/mol. The van der Waals surface area contributed by atoms with E-state index in [4.69, 9.17) is 0 Å². The minimum Gasteiger partial charge on any atom is -0.348 e. The van der Waals surface area contributed by atoms with Crippen LogP contribution >= 0.6 is 0 Å². The molecule has 2 nitrogen and oxygen atoms in total. The molecule has 0 heterocycles. The average Bonchev–Trinajstić information content (AvgIpc) is 2.59. The Kier molecular flexibility index (Phi) is 4.30. The Labute approximate surface area is 130 Å². The van der Waals surface area contributed by atoms with Gasteiger partial charge >= 0.3 is 0 Å². The van der Waals surface area contributed by atoms with E-state index in [1.165, 1.54) is 10.8 Å². The largest absolute Gasteiger partial charge is 0.348 e. The van der Waals surface area contributed by atoms with Gasteiger partial charge in [-0.05, 0) is 34.0 Å². The van der Waals surface area contributed by atoms with E-state index in [2.05, 4.69) is 29.6 Å². The van der Waals surface area contributed by atoms with Crippen LogP contribution < -0.4 is 5.32 Å². The maximum Gasteiger partial charge on any atom is 0.244 e. The summed E-state index contributed by atoms with van der Waals surface area (Å²) in [6, 6.07) is 24.2. The summed E-state index contributed by atoms with van der Waals surface area (Å²) in [5, 5.41) is 5.26. The van der Waals surface area contributed by atoms with Gasteiger partial charge in [0.2, 0.25) is 5.91 Å². The predicted molar refractivity (Wildman–Crippen MR) is 91.3 cm³/mol. The van der Waals surface area contributed by atoms with E-state index in [9.17, 15) is 4.79 Å². The molecule has 0 radical (unpaired) electrons. The van der Waals surface area contributed by atoms with Crippen molar-refractivity contribution in [2.24, 2.45) is 0 Å². The van der Waals surface area contributed by atoms with Crippen molar-refractivity contribution in [1.82, 2.24) is 5.32 Å². The van der Waals surface area contributed by atoms with E-state index in [1.807, 2.05) is 54.6 Å². The fourth-order valence-electron chi connectivity index (χ4n) is 2.33. The van der Waals surface area contributed by atoms with Crippen LogP contribution in [0.1, 0.15) is 11.1 Å². The van der Waals surface area contributed by atoms with Crippen molar-refractivity contribution in [2.75, 3.05) is 0 Å². The van der Waals surface area contributed by atoms with Crippen LogP contribution in [0.25, 0.3) is 16.8 Å². The lowest BCUT2D eigenvalue weighted by atomic mass is 10.1. The Morgan fingerprint density at radius 2 is 1.59 bits per heavy atom. The van der Waals surface area contributed by atoms with Gasteiger partial charge in [-0.1, -0.05) is 66.7 Å². The normalized spacial score (nSPS) is 10.9. The third-order valence-electron chi connectivity index (χ3n) is 3.51. The third kappa shape index (κ3) is 3.61. The average molecular weight is 287 g/mol. The van der Waals surface area contributed by atoms with Gasteiger partial charge in [-0.3, -0.25) is 4.79 Å². The number of hydrogen-bond donors (Lipinski definition) is 1. The van der Waals surface area contributed by atoms with E-state index >= 15 is 0 Å². The second-order valence-corrected chi connectivity index (χ2v) is 5.14. The zero-order chi connectivity index (χ0) is 15.2. The van der Waals surface area contributed by atoms with Crippen LogP contribution in [0.3, 0.4) is 0 Å². The molecule has 0 aliphatic carbocycles. The molecule has 0 aromatic heterocycles. The maximum absolute atomic E-state index is 11.9. The van der Waals surface area contributed by atoms with Crippen molar-refractivity contribution in [3.8, 4) is 0 Å². The Bertz CT molecular complexity index is 806. The minimum absolute atomic E-state index is 0.0861. The molecule has 0 atom stereocenters. The highest BCUT2D eigenvalue weighted by Gasteiger charge is 1.97. The summed E-state index contributed by atoms with van der Waals surface area (Å²) >= 11 is 0. The number of benzene rings is 3. The van der Waals surface area contributed by atoms with Gasteiger partial charge in [0.1, 0.15) is 0 Å². The van der Waals surface area contributed by atoms with Crippen LogP contribution in [0.15, 0.2) is 78.9 Å². The van der Waals surface area contributed by atoms with Crippen LogP contribution in [-0.4, -0.2) is 5.91 Å². The monoisotopic (exact) mass is 287 g/mol. The molecule has 3 aromatic carbocycles. The number of fused-ring (bicyclic) bond motifs is 1. The summed E-state index contributed by atoms with van der Waals surface area (Å²) in [6.45, 7) is 0.543. The van der Waals surface area contributed by atoms with Gasteiger partial charge in [0, 0.05) is 12.6 Å². The van der Waals surface area contributed by atoms with Gasteiger partial charge in [0.15, 0.2) is 0 Å². The van der Waals surface area contributed by atoms with E-state index in [-0.39, 0.29) is 5.91 Å². The molecule has 1 N–H and O–H groups in total. The van der Waals surface area contributed by atoms with E-state index in [0.717, 1.165) is 11.1 Å². The Morgan fingerprint density at radius 1 is 0.864 bits per heavy atom. The van der Waals surface area contributed by atoms with E-state index < -0.39 is 0 Å². The molecule has 3 rings (SSSR count). The van der Waals surface area contributed by atoms with E-state index in [0.29, 0.717) is 6.54 Å². The summed E-state index contributed by atoms with van der Waals surface area (Å²) in [6.07, 6.45) is 3.42. The molecule has 0 fully saturated rings. The smallest absolute Gasteiger partial charge is 0.244 e. The maximum atomic E-state index is 11.9. The van der Waals surface area contributed by atoms with E-state index in [1.54, 1.807) is 6.08 Å². The van der Waals surface area contributed by atoms with Gasteiger partial charge < -0.3 is 5.32 Å². The van der Waals surface area contributed by atoms with Crippen LogP contribution in [0.2, 0.25) is 0 Å². The molecule has 0 saturated carbocycles. The highest BCUT2D eigenvalue weighted by Crippen LogP contribution is 2.16. The fraction of sp³-hybridized carbons (Fsp3) is 0.0500. The van der Waals surface area contributed by atoms with Crippen molar-refractivity contribution in [3.63, 3.8) is 0 Å². The standard InChI is InChI=1S/C20H17NO/c22-20(21-15-17-6-2-1-3-7-17)13-11-16-10-12-18-8-4-5-9-19(18)14-16/h1-14H,15H2,(H,21,22)/b13-11-. The highest BCUT2D eigenvalue weighted by molar-refractivity contribution is 5.92. The molecule has 3 aromatic rings. The highest BCUT2D eigenvalue weighted by atomic mass is 16.1. The Morgan fingerprint density at radius 3 is 2.41 bits per heavy atom. The summed E-state index contributed by atoms with van der Waals surface area (Å²) in [5.74, 6) is -0.0861. The number of rotatable bonds is 4. The van der Waals surface area contributed by atoms with Gasteiger partial charge in [-0.15, -0.1) is 0 Å². The second kappa shape index (κ2) is 6.72. The molecule has 0 unspecified atom stereocenters. The van der Waals surface area contributed by atoms with Crippen molar-refractivity contribution in [3.05, 3.63) is 90.0 Å². The summed E-state index contributed by atoms with van der Waals surface area (Å²) < 4.78 is 0. The lowest BCUT2D eigenvalue weighted by molar-refractivity contribution is -0.116. The molecule has 0 aliphatic rings. The third-order valence-corrected chi connectivity index (χ3v) is 3.51. The predicted octanol–water partition coefficient (Wildman–Crippen LogP) is 4.17. The molecular formula is C20H17NO. The molecule has 0 saturated heterocycles. The van der Waals surface area contributed by atoms with Crippen molar-refractivity contribution >= 4 is 22.8 Å². The first-order valence-electron chi connectivity index (χ1n) is 7.30. The van der Waals surface area contributed by atoms with Crippen LogP contribution in [0, 0.1) is 0 Å². The van der Waals surface area contributed by atoms with Gasteiger partial charge in [-0.25, -0.2) is 0 Å². The Hall–Kier alpha value is -2.87. The first-order chi connectivity index (χ1) is 10.8. The molecule has 0 bridgehead atoms. The summed E-state index contributed by atoms with van der Waals surface area (Å²) in [5.41, 5.74) is 2.11. The second-order valence-electron chi connectivity index (χ2n) is 5.14. The fourth-order valence-corrected chi connectivity index (χ4v) is 2.33. The zero-order valence-electron chi connectivity index (χ0n) is 12.2. The lowest BCUT2D eigenvalue weighted by Crippen LogP contribution is -2.20. The Balaban J connectivity index is 1.63. The molecule has 108 valence electrons. The molecule has 2 heteroatoms. The summed E-state index contributed by atoms with van der Waals surface area (Å²) in [4.78, 5) is 11.9. The van der Waals surface area contributed by atoms with Crippen LogP contribution in [0.5, 0.6) is 0 Å².